The zero-order valence-corrected chi connectivity index (χ0v) is 13.9. The molecular formula is C15H19BrClNO2. The second-order valence-electron chi connectivity index (χ2n) is 5.22. The molecule has 2 rings (SSSR count). The lowest BCUT2D eigenvalue weighted by atomic mass is 9.95. The molecule has 20 heavy (non-hydrogen) atoms. The molecule has 1 aromatic carbocycles. The molecule has 0 unspecified atom stereocenters. The van der Waals surface area contributed by atoms with Crippen LogP contribution in [0.25, 0.3) is 0 Å². The molecule has 0 radical (unpaired) electrons. The Morgan fingerprint density at radius 2 is 2.10 bits per heavy atom. The number of ether oxygens (including phenoxy) is 1. The molecule has 0 spiro atoms. The minimum absolute atomic E-state index is 0.0126. The minimum Gasteiger partial charge on any atom is -0.482 e. The first-order chi connectivity index (χ1) is 9.56. The van der Waals surface area contributed by atoms with E-state index in [2.05, 4.69) is 21.2 Å². The molecule has 1 aromatic rings. The SMILES string of the molecule is Cc1cc(Br)cc(Cl)c1OCC(=O)NC1CCCCC1. The van der Waals surface area contributed by atoms with Crippen molar-refractivity contribution in [2.45, 2.75) is 45.1 Å². The maximum atomic E-state index is 11.9. The summed E-state index contributed by atoms with van der Waals surface area (Å²) >= 11 is 9.50. The lowest BCUT2D eigenvalue weighted by Crippen LogP contribution is -2.39. The van der Waals surface area contributed by atoms with Crippen molar-refractivity contribution >= 4 is 33.4 Å². The molecule has 0 atom stereocenters. The monoisotopic (exact) mass is 359 g/mol. The van der Waals surface area contributed by atoms with Crippen molar-refractivity contribution < 1.29 is 9.53 Å². The third-order valence-corrected chi connectivity index (χ3v) is 4.25. The highest BCUT2D eigenvalue weighted by atomic mass is 79.9. The zero-order valence-electron chi connectivity index (χ0n) is 11.5. The van der Waals surface area contributed by atoms with Crippen LogP contribution in [-0.2, 0) is 4.79 Å². The molecule has 0 heterocycles. The number of carbonyl (C=O) groups is 1. The number of amides is 1. The van der Waals surface area contributed by atoms with E-state index in [9.17, 15) is 4.79 Å². The van der Waals surface area contributed by atoms with Gasteiger partial charge in [0, 0.05) is 10.5 Å². The standard InChI is InChI=1S/C15H19BrClNO2/c1-10-7-11(16)8-13(17)15(10)20-9-14(19)18-12-5-3-2-4-6-12/h7-8,12H,2-6,9H2,1H3,(H,18,19). The van der Waals surface area contributed by atoms with Crippen LogP contribution in [0.4, 0.5) is 0 Å². The number of rotatable bonds is 4. The van der Waals surface area contributed by atoms with Gasteiger partial charge in [0.15, 0.2) is 6.61 Å². The minimum atomic E-state index is -0.0738. The molecule has 0 saturated heterocycles. The van der Waals surface area contributed by atoms with Gasteiger partial charge in [-0.25, -0.2) is 0 Å². The highest BCUT2D eigenvalue weighted by Gasteiger charge is 2.16. The molecule has 1 aliphatic carbocycles. The third-order valence-electron chi connectivity index (χ3n) is 3.51. The Morgan fingerprint density at radius 3 is 2.75 bits per heavy atom. The van der Waals surface area contributed by atoms with E-state index in [0.29, 0.717) is 16.8 Å². The summed E-state index contributed by atoms with van der Waals surface area (Å²) in [4.78, 5) is 11.9. The largest absolute Gasteiger partial charge is 0.482 e. The Morgan fingerprint density at radius 1 is 1.40 bits per heavy atom. The van der Waals surface area contributed by atoms with Gasteiger partial charge in [0.05, 0.1) is 5.02 Å². The van der Waals surface area contributed by atoms with E-state index in [1.807, 2.05) is 13.0 Å². The van der Waals surface area contributed by atoms with E-state index in [-0.39, 0.29) is 12.5 Å². The zero-order chi connectivity index (χ0) is 14.5. The first-order valence-corrected chi connectivity index (χ1v) is 8.11. The average molecular weight is 361 g/mol. The molecule has 0 aromatic heterocycles. The van der Waals surface area contributed by atoms with Gasteiger partial charge in [-0.3, -0.25) is 4.79 Å². The van der Waals surface area contributed by atoms with Gasteiger partial charge in [0.25, 0.3) is 5.91 Å². The molecule has 1 saturated carbocycles. The molecule has 0 bridgehead atoms. The fourth-order valence-electron chi connectivity index (χ4n) is 2.53. The number of benzene rings is 1. The number of hydrogen-bond acceptors (Lipinski definition) is 2. The molecular weight excluding hydrogens is 342 g/mol. The number of nitrogens with one attached hydrogen (secondary N) is 1. The summed E-state index contributed by atoms with van der Waals surface area (Å²) in [6, 6.07) is 3.99. The van der Waals surface area contributed by atoms with Crippen molar-refractivity contribution in [3.8, 4) is 5.75 Å². The van der Waals surface area contributed by atoms with E-state index in [1.165, 1.54) is 19.3 Å². The number of aryl methyl sites for hydroxylation is 1. The van der Waals surface area contributed by atoms with Crippen LogP contribution < -0.4 is 10.1 Å². The first kappa shape index (κ1) is 15.6. The molecule has 3 nitrogen and oxygen atoms in total. The Bertz CT molecular complexity index is 464. The molecule has 1 amide bonds. The molecule has 1 N–H and O–H groups in total. The Labute approximate surface area is 133 Å². The van der Waals surface area contributed by atoms with Crippen LogP contribution in [-0.4, -0.2) is 18.6 Å². The van der Waals surface area contributed by atoms with Gasteiger partial charge in [-0.2, -0.15) is 0 Å². The summed E-state index contributed by atoms with van der Waals surface area (Å²) < 4.78 is 6.46. The summed E-state index contributed by atoms with van der Waals surface area (Å²) in [5.74, 6) is 0.504. The average Bonchev–Trinajstić information content (AvgIpc) is 2.38. The molecule has 110 valence electrons. The van der Waals surface area contributed by atoms with Crippen LogP contribution in [0.15, 0.2) is 16.6 Å². The van der Waals surface area contributed by atoms with Crippen molar-refractivity contribution in [2.24, 2.45) is 0 Å². The van der Waals surface area contributed by atoms with Gasteiger partial charge < -0.3 is 10.1 Å². The van der Waals surface area contributed by atoms with Crippen LogP contribution in [0.2, 0.25) is 5.02 Å². The summed E-state index contributed by atoms with van der Waals surface area (Å²) in [7, 11) is 0. The van der Waals surface area contributed by atoms with Gasteiger partial charge in [0.2, 0.25) is 0 Å². The van der Waals surface area contributed by atoms with Gasteiger partial charge in [0.1, 0.15) is 5.75 Å². The van der Waals surface area contributed by atoms with E-state index in [0.717, 1.165) is 22.9 Å². The van der Waals surface area contributed by atoms with E-state index in [4.69, 9.17) is 16.3 Å². The topological polar surface area (TPSA) is 38.3 Å². The smallest absolute Gasteiger partial charge is 0.258 e. The Kier molecular flexibility index (Phi) is 5.73. The molecule has 1 aliphatic rings. The van der Waals surface area contributed by atoms with Crippen molar-refractivity contribution in [1.82, 2.24) is 5.32 Å². The Hall–Kier alpha value is -0.740. The third kappa shape index (κ3) is 4.38. The fraction of sp³-hybridized carbons (Fsp3) is 0.533. The highest BCUT2D eigenvalue weighted by molar-refractivity contribution is 9.10. The Balaban J connectivity index is 1.87. The van der Waals surface area contributed by atoms with Gasteiger partial charge >= 0.3 is 0 Å². The lowest BCUT2D eigenvalue weighted by Gasteiger charge is -2.22. The van der Waals surface area contributed by atoms with Crippen LogP contribution >= 0.6 is 27.5 Å². The second kappa shape index (κ2) is 7.32. The number of carbonyl (C=O) groups excluding carboxylic acids is 1. The van der Waals surface area contributed by atoms with Gasteiger partial charge in [-0.15, -0.1) is 0 Å². The summed E-state index contributed by atoms with van der Waals surface area (Å²) in [6.45, 7) is 1.92. The fourth-order valence-corrected chi connectivity index (χ4v) is 3.55. The van der Waals surface area contributed by atoms with Crippen molar-refractivity contribution in [3.63, 3.8) is 0 Å². The van der Waals surface area contributed by atoms with Gasteiger partial charge in [-0.05, 0) is 37.5 Å². The highest BCUT2D eigenvalue weighted by Crippen LogP contribution is 2.31. The summed E-state index contributed by atoms with van der Waals surface area (Å²) in [6.07, 6.45) is 5.82. The van der Waals surface area contributed by atoms with Crippen molar-refractivity contribution in [1.29, 1.82) is 0 Å². The second-order valence-corrected chi connectivity index (χ2v) is 6.55. The molecule has 5 heteroatoms. The van der Waals surface area contributed by atoms with Crippen LogP contribution in [0.5, 0.6) is 5.75 Å². The first-order valence-electron chi connectivity index (χ1n) is 6.94. The predicted molar refractivity (Wildman–Crippen MR) is 84.4 cm³/mol. The number of halogens is 2. The maximum Gasteiger partial charge on any atom is 0.258 e. The van der Waals surface area contributed by atoms with Crippen LogP contribution in [0.1, 0.15) is 37.7 Å². The number of hydrogen-bond donors (Lipinski definition) is 1. The van der Waals surface area contributed by atoms with E-state index in [1.54, 1.807) is 6.07 Å². The van der Waals surface area contributed by atoms with Crippen LogP contribution in [0, 0.1) is 6.92 Å². The maximum absolute atomic E-state index is 11.9. The van der Waals surface area contributed by atoms with E-state index >= 15 is 0 Å². The predicted octanol–water partition coefficient (Wildman–Crippen LogP) is 4.24. The van der Waals surface area contributed by atoms with Crippen LogP contribution in [0.3, 0.4) is 0 Å². The van der Waals surface area contributed by atoms with Crippen molar-refractivity contribution in [2.75, 3.05) is 6.61 Å². The normalized spacial score (nSPS) is 15.9. The van der Waals surface area contributed by atoms with Gasteiger partial charge in [-0.1, -0.05) is 46.8 Å². The van der Waals surface area contributed by atoms with E-state index < -0.39 is 0 Å². The molecule has 1 fully saturated rings. The van der Waals surface area contributed by atoms with Crippen molar-refractivity contribution in [3.05, 3.63) is 27.2 Å². The summed E-state index contributed by atoms with van der Waals surface area (Å²) in [5.41, 5.74) is 0.912. The quantitative estimate of drug-likeness (QED) is 0.872. The molecule has 0 aliphatic heterocycles. The summed E-state index contributed by atoms with van der Waals surface area (Å²) in [5, 5.41) is 3.54. The lowest BCUT2D eigenvalue weighted by molar-refractivity contribution is -0.124.